The third kappa shape index (κ3) is 4.87. The zero-order valence-electron chi connectivity index (χ0n) is 15.0. The lowest BCUT2D eigenvalue weighted by molar-refractivity contribution is -0.140. The fourth-order valence-electron chi connectivity index (χ4n) is 2.64. The van der Waals surface area contributed by atoms with Crippen LogP contribution >= 0.6 is 0 Å². The third-order valence-electron chi connectivity index (χ3n) is 3.98. The minimum absolute atomic E-state index is 0.0559. The van der Waals surface area contributed by atoms with Gasteiger partial charge in [-0.25, -0.2) is 9.48 Å². The molecule has 146 valence electrons. The molecule has 6 nitrogen and oxygen atoms in total. The molecule has 0 unspecified atom stereocenters. The molecule has 0 radical (unpaired) electrons. The van der Waals surface area contributed by atoms with Gasteiger partial charge in [0.25, 0.3) is 5.91 Å². The second kappa shape index (κ2) is 7.81. The lowest BCUT2D eigenvalue weighted by Crippen LogP contribution is -2.41. The monoisotopic (exact) mass is 383 g/mol. The molecule has 0 aliphatic heterocycles. The number of nitrogens with one attached hydrogen (secondary N) is 1. The number of aliphatic carboxylic acids is 1. The molecule has 2 N–H and O–H groups in total. The van der Waals surface area contributed by atoms with Gasteiger partial charge < -0.3 is 10.4 Å². The molecule has 1 atom stereocenters. The molecule has 2 rings (SSSR count). The normalized spacial score (nSPS) is 12.9. The number of benzene rings is 1. The van der Waals surface area contributed by atoms with Crippen LogP contribution in [-0.4, -0.2) is 32.8 Å². The first-order valence-electron chi connectivity index (χ1n) is 8.26. The van der Waals surface area contributed by atoms with E-state index in [1.54, 1.807) is 0 Å². The van der Waals surface area contributed by atoms with E-state index < -0.39 is 29.7 Å². The van der Waals surface area contributed by atoms with Crippen LogP contribution in [0.3, 0.4) is 0 Å². The smallest absolute Gasteiger partial charge is 0.416 e. The van der Waals surface area contributed by atoms with Gasteiger partial charge >= 0.3 is 12.1 Å². The lowest BCUT2D eigenvalue weighted by Gasteiger charge is -2.16. The van der Waals surface area contributed by atoms with E-state index in [2.05, 4.69) is 10.4 Å². The fraction of sp³-hybridized carbons (Fsp3) is 0.389. The van der Waals surface area contributed by atoms with Crippen LogP contribution in [0, 0.1) is 12.8 Å². The van der Waals surface area contributed by atoms with Gasteiger partial charge in [-0.05, 0) is 37.5 Å². The Bertz CT molecular complexity index is 844. The zero-order chi connectivity index (χ0) is 20.4. The number of halogens is 3. The number of hydrogen-bond donors (Lipinski definition) is 2. The van der Waals surface area contributed by atoms with Crippen LogP contribution in [-0.2, 0) is 11.0 Å². The van der Waals surface area contributed by atoms with E-state index >= 15 is 0 Å². The molecule has 1 amide bonds. The van der Waals surface area contributed by atoms with Gasteiger partial charge in [-0.3, -0.25) is 4.79 Å². The summed E-state index contributed by atoms with van der Waals surface area (Å²) < 4.78 is 39.9. The Hall–Kier alpha value is -2.84. The van der Waals surface area contributed by atoms with Gasteiger partial charge in [0.1, 0.15) is 6.04 Å². The Labute approximate surface area is 154 Å². The second-order valence-electron chi connectivity index (χ2n) is 6.60. The summed E-state index contributed by atoms with van der Waals surface area (Å²) in [5.74, 6) is -1.74. The number of hydrogen-bond acceptors (Lipinski definition) is 3. The van der Waals surface area contributed by atoms with Crippen LogP contribution < -0.4 is 5.32 Å². The number of nitrogens with zero attached hydrogens (tertiary/aromatic N) is 2. The lowest BCUT2D eigenvalue weighted by atomic mass is 10.0. The molecule has 0 saturated heterocycles. The molecule has 0 aliphatic rings. The van der Waals surface area contributed by atoms with E-state index in [4.69, 9.17) is 0 Å². The summed E-state index contributed by atoms with van der Waals surface area (Å²) in [5, 5.41) is 15.7. The minimum Gasteiger partial charge on any atom is -0.480 e. The van der Waals surface area contributed by atoms with Crippen LogP contribution in [0.4, 0.5) is 13.2 Å². The molecule has 0 spiro atoms. The quantitative estimate of drug-likeness (QED) is 0.801. The number of amides is 1. The zero-order valence-corrected chi connectivity index (χ0v) is 15.0. The topological polar surface area (TPSA) is 84.2 Å². The minimum atomic E-state index is -4.50. The van der Waals surface area contributed by atoms with Gasteiger partial charge in [0.15, 0.2) is 0 Å². The highest BCUT2D eigenvalue weighted by molar-refractivity contribution is 5.97. The van der Waals surface area contributed by atoms with Crippen LogP contribution in [0.1, 0.15) is 41.9 Å². The van der Waals surface area contributed by atoms with Gasteiger partial charge in [-0.2, -0.15) is 18.3 Å². The maximum atomic E-state index is 12.9. The van der Waals surface area contributed by atoms with E-state index in [0.29, 0.717) is 5.69 Å². The molecule has 2 aromatic rings. The Morgan fingerprint density at radius 3 is 2.52 bits per heavy atom. The van der Waals surface area contributed by atoms with E-state index in [-0.39, 0.29) is 23.6 Å². The van der Waals surface area contributed by atoms with E-state index in [1.807, 2.05) is 13.8 Å². The Morgan fingerprint density at radius 1 is 1.30 bits per heavy atom. The van der Waals surface area contributed by atoms with Crippen LogP contribution in [0.25, 0.3) is 5.69 Å². The highest BCUT2D eigenvalue weighted by Gasteiger charge is 2.31. The fourth-order valence-corrected chi connectivity index (χ4v) is 2.64. The van der Waals surface area contributed by atoms with Crippen LogP contribution in [0.5, 0.6) is 0 Å². The number of carbonyl (C=O) groups is 2. The van der Waals surface area contributed by atoms with Crippen molar-refractivity contribution in [3.05, 3.63) is 47.3 Å². The van der Waals surface area contributed by atoms with E-state index in [9.17, 15) is 27.9 Å². The number of alkyl halides is 3. The van der Waals surface area contributed by atoms with Crippen molar-refractivity contribution in [2.24, 2.45) is 5.92 Å². The first-order valence-corrected chi connectivity index (χ1v) is 8.26. The van der Waals surface area contributed by atoms with Gasteiger partial charge in [0, 0.05) is 0 Å². The largest absolute Gasteiger partial charge is 0.480 e. The molecule has 0 saturated carbocycles. The van der Waals surface area contributed by atoms with Gasteiger partial charge in [0.05, 0.1) is 28.7 Å². The van der Waals surface area contributed by atoms with Gasteiger partial charge in [-0.15, -0.1) is 0 Å². The summed E-state index contributed by atoms with van der Waals surface area (Å²) in [7, 11) is 0. The van der Waals surface area contributed by atoms with Crippen molar-refractivity contribution in [2.45, 2.75) is 39.4 Å². The molecule has 1 aromatic heterocycles. The summed E-state index contributed by atoms with van der Waals surface area (Å²) in [4.78, 5) is 23.7. The second-order valence-corrected chi connectivity index (χ2v) is 6.60. The molecule has 1 heterocycles. The maximum absolute atomic E-state index is 12.9. The number of carboxylic acid groups (broad SMARTS) is 1. The number of aromatic nitrogens is 2. The predicted octanol–water partition coefficient (Wildman–Crippen LogP) is 3.43. The van der Waals surface area contributed by atoms with Crippen LogP contribution in [0.2, 0.25) is 0 Å². The van der Waals surface area contributed by atoms with Crippen molar-refractivity contribution < 1.29 is 27.9 Å². The molecule has 0 bridgehead atoms. The summed E-state index contributed by atoms with van der Waals surface area (Å²) in [5.41, 5.74) is -0.273. The van der Waals surface area contributed by atoms with Crippen molar-refractivity contribution in [3.63, 3.8) is 0 Å². The summed E-state index contributed by atoms with van der Waals surface area (Å²) in [6.45, 7) is 5.19. The Balaban J connectivity index is 2.29. The van der Waals surface area contributed by atoms with E-state index in [0.717, 1.165) is 12.1 Å². The third-order valence-corrected chi connectivity index (χ3v) is 3.98. The maximum Gasteiger partial charge on any atom is 0.416 e. The van der Waals surface area contributed by atoms with Gasteiger partial charge in [0.2, 0.25) is 0 Å². The molecular weight excluding hydrogens is 363 g/mol. The van der Waals surface area contributed by atoms with Gasteiger partial charge in [-0.1, -0.05) is 19.9 Å². The Morgan fingerprint density at radius 2 is 1.96 bits per heavy atom. The summed E-state index contributed by atoms with van der Waals surface area (Å²) in [6.07, 6.45) is -3.04. The summed E-state index contributed by atoms with van der Waals surface area (Å²) >= 11 is 0. The first-order chi connectivity index (χ1) is 12.5. The summed E-state index contributed by atoms with van der Waals surface area (Å²) in [6, 6.07) is 3.51. The van der Waals surface area contributed by atoms with Crippen molar-refractivity contribution in [2.75, 3.05) is 0 Å². The van der Waals surface area contributed by atoms with Crippen molar-refractivity contribution in [1.82, 2.24) is 15.1 Å². The SMILES string of the molecule is Cc1c(C(=O)N[C@H](CC(C)C)C(=O)O)cnn1-c1cccc(C(F)(F)F)c1. The molecule has 0 fully saturated rings. The molecule has 1 aromatic carbocycles. The van der Waals surface area contributed by atoms with Crippen LogP contribution in [0.15, 0.2) is 30.5 Å². The van der Waals surface area contributed by atoms with Crippen molar-refractivity contribution >= 4 is 11.9 Å². The standard InChI is InChI=1S/C18H20F3N3O3/c1-10(2)7-15(17(26)27)23-16(25)14-9-22-24(11(14)3)13-6-4-5-12(8-13)18(19,20)21/h4-6,8-10,15H,7H2,1-3H3,(H,23,25)(H,26,27)/t15-/m1/s1. The van der Waals surface area contributed by atoms with E-state index in [1.165, 1.54) is 29.9 Å². The van der Waals surface area contributed by atoms with Crippen molar-refractivity contribution in [1.29, 1.82) is 0 Å². The molecule has 9 heteroatoms. The number of carbonyl (C=O) groups excluding carboxylic acids is 1. The number of carboxylic acids is 1. The van der Waals surface area contributed by atoms with Crippen molar-refractivity contribution in [3.8, 4) is 5.69 Å². The highest BCUT2D eigenvalue weighted by atomic mass is 19.4. The molecule has 0 aliphatic carbocycles. The average molecular weight is 383 g/mol. The first kappa shape index (κ1) is 20.5. The predicted molar refractivity (Wildman–Crippen MR) is 91.6 cm³/mol. The highest BCUT2D eigenvalue weighted by Crippen LogP contribution is 2.30. The number of rotatable bonds is 6. The average Bonchev–Trinajstić information content (AvgIpc) is 2.94. The Kier molecular flexibility index (Phi) is 5.92. The molecular formula is C18H20F3N3O3. The molecule has 27 heavy (non-hydrogen) atoms.